The Labute approximate surface area is 110 Å². The van der Waals surface area contributed by atoms with Crippen LogP contribution in [0.3, 0.4) is 0 Å². The van der Waals surface area contributed by atoms with E-state index in [1.54, 1.807) is 0 Å². The Morgan fingerprint density at radius 1 is 1.61 bits per heavy atom. The summed E-state index contributed by atoms with van der Waals surface area (Å²) in [4.78, 5) is 13.7. The first-order valence-electron chi connectivity index (χ1n) is 5.73. The van der Waals surface area contributed by atoms with Gasteiger partial charge in [-0.3, -0.25) is 4.79 Å². The van der Waals surface area contributed by atoms with Crippen LogP contribution in [0.25, 0.3) is 0 Å². The maximum absolute atomic E-state index is 10.9. The van der Waals surface area contributed by atoms with Crippen LogP contribution < -0.4 is 4.90 Å². The minimum Gasteiger partial charge on any atom is -0.480 e. The number of hydrogen-bond donors (Lipinski definition) is 1. The summed E-state index contributed by atoms with van der Waals surface area (Å²) in [7, 11) is 0. The van der Waals surface area contributed by atoms with Crippen LogP contribution in [0.2, 0.25) is 0 Å². The fourth-order valence-electron chi connectivity index (χ4n) is 1.98. The van der Waals surface area contributed by atoms with Crippen LogP contribution in [-0.2, 0) is 4.79 Å². The van der Waals surface area contributed by atoms with Gasteiger partial charge in [0.05, 0.1) is 11.3 Å². The van der Waals surface area contributed by atoms with Crippen LogP contribution >= 0.6 is 11.8 Å². The molecule has 1 aromatic rings. The highest BCUT2D eigenvalue weighted by Crippen LogP contribution is 2.36. The average Bonchev–Trinajstić information content (AvgIpc) is 3.18. The number of carboxylic acid groups (broad SMARTS) is 1. The van der Waals surface area contributed by atoms with Gasteiger partial charge in [0, 0.05) is 10.9 Å². The van der Waals surface area contributed by atoms with Crippen LogP contribution in [0.5, 0.6) is 0 Å². The van der Waals surface area contributed by atoms with Crippen molar-refractivity contribution in [1.29, 1.82) is 5.26 Å². The Kier molecular flexibility index (Phi) is 3.78. The minimum atomic E-state index is -0.861. The number of thioether (sulfide) groups is 1. The first-order chi connectivity index (χ1) is 8.67. The molecule has 0 aromatic heterocycles. The summed E-state index contributed by atoms with van der Waals surface area (Å²) in [6, 6.07) is 8.06. The van der Waals surface area contributed by atoms with E-state index in [1.165, 1.54) is 11.8 Å². The molecule has 0 heterocycles. The number of carboxylic acids is 1. The van der Waals surface area contributed by atoms with Crippen LogP contribution in [0.1, 0.15) is 18.4 Å². The molecule has 94 valence electrons. The van der Waals surface area contributed by atoms with Crippen molar-refractivity contribution >= 4 is 23.4 Å². The van der Waals surface area contributed by atoms with E-state index in [1.807, 2.05) is 29.4 Å². The molecule has 18 heavy (non-hydrogen) atoms. The molecule has 0 saturated heterocycles. The van der Waals surface area contributed by atoms with Gasteiger partial charge in [0.25, 0.3) is 0 Å². The molecule has 1 aliphatic rings. The summed E-state index contributed by atoms with van der Waals surface area (Å²) in [5, 5.41) is 18.3. The average molecular weight is 262 g/mol. The zero-order valence-electron chi connectivity index (χ0n) is 10.1. The fourth-order valence-corrected chi connectivity index (χ4v) is 2.55. The number of aliphatic carboxylic acids is 1. The Bertz CT molecular complexity index is 506. The lowest BCUT2D eigenvalue weighted by Gasteiger charge is -2.24. The molecule has 1 saturated carbocycles. The van der Waals surface area contributed by atoms with Gasteiger partial charge in [-0.05, 0) is 31.2 Å². The molecular formula is C13H14N2O2S. The molecular weight excluding hydrogens is 248 g/mol. The van der Waals surface area contributed by atoms with Gasteiger partial charge in [0.15, 0.2) is 0 Å². The predicted molar refractivity (Wildman–Crippen MR) is 70.9 cm³/mol. The van der Waals surface area contributed by atoms with Crippen molar-refractivity contribution < 1.29 is 9.90 Å². The van der Waals surface area contributed by atoms with E-state index < -0.39 is 5.97 Å². The third kappa shape index (κ3) is 2.59. The molecule has 0 bridgehead atoms. The highest BCUT2D eigenvalue weighted by molar-refractivity contribution is 7.98. The number of benzene rings is 1. The maximum Gasteiger partial charge on any atom is 0.323 e. The zero-order valence-corrected chi connectivity index (χ0v) is 10.9. The molecule has 0 atom stereocenters. The Balaban J connectivity index is 2.41. The Morgan fingerprint density at radius 3 is 2.83 bits per heavy atom. The molecule has 0 radical (unpaired) electrons. The van der Waals surface area contributed by atoms with Gasteiger partial charge in [-0.25, -0.2) is 0 Å². The monoisotopic (exact) mass is 262 g/mol. The van der Waals surface area contributed by atoms with E-state index in [0.717, 1.165) is 23.4 Å². The summed E-state index contributed by atoms with van der Waals surface area (Å²) >= 11 is 1.51. The largest absolute Gasteiger partial charge is 0.480 e. The highest BCUT2D eigenvalue weighted by atomic mass is 32.2. The van der Waals surface area contributed by atoms with E-state index in [9.17, 15) is 10.1 Å². The van der Waals surface area contributed by atoms with Gasteiger partial charge in [-0.2, -0.15) is 5.26 Å². The van der Waals surface area contributed by atoms with Crippen molar-refractivity contribution in [2.75, 3.05) is 17.7 Å². The first-order valence-corrected chi connectivity index (χ1v) is 6.95. The molecule has 4 nitrogen and oxygen atoms in total. The quantitative estimate of drug-likeness (QED) is 0.825. The van der Waals surface area contributed by atoms with Crippen molar-refractivity contribution in [2.45, 2.75) is 23.8 Å². The number of hydrogen-bond acceptors (Lipinski definition) is 4. The Hall–Kier alpha value is -1.67. The fraction of sp³-hybridized carbons (Fsp3) is 0.385. The van der Waals surface area contributed by atoms with Crippen molar-refractivity contribution in [1.82, 2.24) is 0 Å². The van der Waals surface area contributed by atoms with Crippen molar-refractivity contribution in [3.63, 3.8) is 0 Å². The lowest BCUT2D eigenvalue weighted by Crippen LogP contribution is -2.32. The van der Waals surface area contributed by atoms with Gasteiger partial charge < -0.3 is 10.0 Å². The van der Waals surface area contributed by atoms with Crippen LogP contribution in [-0.4, -0.2) is 29.9 Å². The van der Waals surface area contributed by atoms with E-state index >= 15 is 0 Å². The lowest BCUT2D eigenvalue weighted by molar-refractivity contribution is -0.135. The smallest absolute Gasteiger partial charge is 0.323 e. The number of anilines is 1. The molecule has 1 N–H and O–H groups in total. The molecule has 0 spiro atoms. The molecule has 0 amide bonds. The number of nitrogens with zero attached hydrogens (tertiary/aromatic N) is 2. The topological polar surface area (TPSA) is 64.3 Å². The van der Waals surface area contributed by atoms with Gasteiger partial charge in [-0.1, -0.05) is 6.07 Å². The third-order valence-corrected chi connectivity index (χ3v) is 3.72. The molecule has 1 aromatic carbocycles. The normalized spacial score (nSPS) is 14.0. The molecule has 0 unspecified atom stereocenters. The zero-order chi connectivity index (χ0) is 13.1. The van der Waals surface area contributed by atoms with E-state index in [0.29, 0.717) is 5.56 Å². The van der Waals surface area contributed by atoms with E-state index in [2.05, 4.69) is 6.07 Å². The molecule has 1 aliphatic carbocycles. The summed E-state index contributed by atoms with van der Waals surface area (Å²) < 4.78 is 0. The SMILES string of the molecule is CSc1cccc(N(CC(=O)O)C2CC2)c1C#N. The van der Waals surface area contributed by atoms with Gasteiger partial charge >= 0.3 is 5.97 Å². The second kappa shape index (κ2) is 5.32. The molecule has 5 heteroatoms. The first kappa shape index (κ1) is 12.8. The minimum absolute atomic E-state index is 0.0445. The highest BCUT2D eigenvalue weighted by Gasteiger charge is 2.32. The number of rotatable bonds is 5. The summed E-state index contributed by atoms with van der Waals surface area (Å²) in [5.74, 6) is -0.861. The van der Waals surface area contributed by atoms with E-state index in [-0.39, 0.29) is 12.6 Å². The maximum atomic E-state index is 10.9. The predicted octanol–water partition coefficient (Wildman–Crippen LogP) is 2.33. The summed E-state index contributed by atoms with van der Waals surface area (Å²) in [6.45, 7) is -0.0445. The lowest BCUT2D eigenvalue weighted by atomic mass is 10.1. The van der Waals surface area contributed by atoms with Crippen LogP contribution in [0.4, 0.5) is 5.69 Å². The molecule has 2 rings (SSSR count). The summed E-state index contributed by atoms with van der Waals surface area (Å²) in [5.41, 5.74) is 1.33. The van der Waals surface area contributed by atoms with Gasteiger partial charge in [0.1, 0.15) is 12.6 Å². The van der Waals surface area contributed by atoms with Crippen molar-refractivity contribution in [3.8, 4) is 6.07 Å². The standard InChI is InChI=1S/C13H14N2O2S/c1-18-12-4-2-3-11(10(12)7-14)15(8-13(16)17)9-5-6-9/h2-4,9H,5-6,8H2,1H3,(H,16,17). The second-order valence-corrected chi connectivity index (χ2v) is 5.07. The van der Waals surface area contributed by atoms with Gasteiger partial charge in [0.2, 0.25) is 0 Å². The van der Waals surface area contributed by atoms with Gasteiger partial charge in [-0.15, -0.1) is 11.8 Å². The van der Waals surface area contributed by atoms with E-state index in [4.69, 9.17) is 5.11 Å². The number of nitriles is 1. The Morgan fingerprint density at radius 2 is 2.33 bits per heavy atom. The number of carbonyl (C=O) groups is 1. The molecule has 0 aliphatic heterocycles. The summed E-state index contributed by atoms with van der Waals surface area (Å²) in [6.07, 6.45) is 3.92. The van der Waals surface area contributed by atoms with Crippen molar-refractivity contribution in [2.24, 2.45) is 0 Å². The second-order valence-electron chi connectivity index (χ2n) is 4.22. The third-order valence-electron chi connectivity index (χ3n) is 2.94. The molecule has 1 fully saturated rings. The van der Waals surface area contributed by atoms with Crippen molar-refractivity contribution in [3.05, 3.63) is 23.8 Å². The van der Waals surface area contributed by atoms with Crippen LogP contribution in [0, 0.1) is 11.3 Å². The van der Waals surface area contributed by atoms with Crippen LogP contribution in [0.15, 0.2) is 23.1 Å².